The fourth-order valence-electron chi connectivity index (χ4n) is 4.32. The molecule has 182 valence electrons. The number of carboxylic acid groups (broad SMARTS) is 1. The van der Waals surface area contributed by atoms with Crippen LogP contribution in [0.2, 0.25) is 0 Å². The van der Waals surface area contributed by atoms with E-state index in [2.05, 4.69) is 10.3 Å². The van der Waals surface area contributed by atoms with Crippen molar-refractivity contribution in [1.82, 2.24) is 4.98 Å². The fourth-order valence-corrected chi connectivity index (χ4v) is 4.32. The predicted octanol–water partition coefficient (Wildman–Crippen LogP) is 4.79. The number of carbonyl (C=O) groups excluding carboxylic acids is 1. The van der Waals surface area contributed by atoms with E-state index in [1.165, 1.54) is 36.4 Å². The molecule has 0 bridgehead atoms. The van der Waals surface area contributed by atoms with Crippen molar-refractivity contribution in [2.24, 2.45) is 0 Å². The summed E-state index contributed by atoms with van der Waals surface area (Å²) >= 11 is 0. The number of para-hydroxylation sites is 1. The molecular weight excluding hydrogens is 466 g/mol. The summed E-state index contributed by atoms with van der Waals surface area (Å²) in [4.78, 5) is 33.2. The quantitative estimate of drug-likeness (QED) is 0.420. The number of aromatic nitrogens is 1. The number of piperazine rings is 1. The Kier molecular flexibility index (Phi) is 6.20. The van der Waals surface area contributed by atoms with E-state index >= 15 is 0 Å². The molecule has 0 radical (unpaired) electrons. The van der Waals surface area contributed by atoms with E-state index in [-0.39, 0.29) is 16.9 Å². The van der Waals surface area contributed by atoms with Crippen molar-refractivity contribution in [2.75, 3.05) is 41.3 Å². The number of pyridine rings is 1. The largest absolute Gasteiger partial charge is 0.478 e. The highest BCUT2D eigenvalue weighted by molar-refractivity contribution is 6.08. The highest BCUT2D eigenvalue weighted by Gasteiger charge is 2.22. The number of benzene rings is 3. The Labute approximate surface area is 205 Å². The molecule has 3 aromatic carbocycles. The molecule has 0 unspecified atom stereocenters. The number of nitrogens with one attached hydrogen (secondary N) is 1. The lowest BCUT2D eigenvalue weighted by atomic mass is 10.1. The molecular formula is C27H22F2N4O3. The second kappa shape index (κ2) is 9.61. The van der Waals surface area contributed by atoms with Crippen LogP contribution < -0.4 is 15.1 Å². The van der Waals surface area contributed by atoms with E-state index in [9.17, 15) is 23.5 Å². The van der Waals surface area contributed by atoms with Crippen LogP contribution in [0.5, 0.6) is 0 Å². The molecule has 0 spiro atoms. The van der Waals surface area contributed by atoms with Crippen LogP contribution in [-0.4, -0.2) is 48.1 Å². The molecule has 0 saturated carbocycles. The van der Waals surface area contributed by atoms with E-state index in [1.54, 1.807) is 36.4 Å². The second-order valence-corrected chi connectivity index (χ2v) is 8.45. The van der Waals surface area contributed by atoms with Crippen LogP contribution in [0.3, 0.4) is 0 Å². The van der Waals surface area contributed by atoms with Gasteiger partial charge in [-0.2, -0.15) is 0 Å². The maximum Gasteiger partial charge on any atom is 0.336 e. The number of carboxylic acids is 1. The van der Waals surface area contributed by atoms with Crippen molar-refractivity contribution in [1.29, 1.82) is 0 Å². The van der Waals surface area contributed by atoms with Crippen molar-refractivity contribution >= 4 is 40.0 Å². The third-order valence-corrected chi connectivity index (χ3v) is 6.19. The van der Waals surface area contributed by atoms with Crippen LogP contribution in [0.25, 0.3) is 10.9 Å². The Hall–Kier alpha value is -4.53. The normalized spacial score (nSPS) is 13.6. The van der Waals surface area contributed by atoms with Crippen molar-refractivity contribution in [3.05, 3.63) is 95.6 Å². The Morgan fingerprint density at radius 2 is 1.56 bits per heavy atom. The van der Waals surface area contributed by atoms with E-state index in [1.807, 2.05) is 9.80 Å². The van der Waals surface area contributed by atoms with Gasteiger partial charge in [0.25, 0.3) is 5.91 Å². The molecule has 1 amide bonds. The lowest BCUT2D eigenvalue weighted by Crippen LogP contribution is -2.47. The average Bonchev–Trinajstić information content (AvgIpc) is 2.89. The Morgan fingerprint density at radius 1 is 0.861 bits per heavy atom. The monoisotopic (exact) mass is 488 g/mol. The molecule has 4 aromatic rings. The number of fused-ring (bicyclic) bond motifs is 1. The minimum Gasteiger partial charge on any atom is -0.478 e. The fraction of sp³-hybridized carbons (Fsp3) is 0.148. The Balaban J connectivity index is 1.38. The van der Waals surface area contributed by atoms with Gasteiger partial charge in [-0.1, -0.05) is 12.1 Å². The number of rotatable bonds is 5. The molecule has 36 heavy (non-hydrogen) atoms. The molecule has 2 N–H and O–H groups in total. The van der Waals surface area contributed by atoms with Gasteiger partial charge in [0.05, 0.1) is 16.8 Å². The van der Waals surface area contributed by atoms with E-state index in [0.29, 0.717) is 54.3 Å². The van der Waals surface area contributed by atoms with Gasteiger partial charge in [-0.15, -0.1) is 0 Å². The van der Waals surface area contributed by atoms with Crippen LogP contribution in [0.1, 0.15) is 20.7 Å². The summed E-state index contributed by atoms with van der Waals surface area (Å²) in [5.41, 5.74) is 1.75. The van der Waals surface area contributed by atoms with Gasteiger partial charge in [0.1, 0.15) is 17.5 Å². The van der Waals surface area contributed by atoms with Gasteiger partial charge in [-0.25, -0.2) is 18.6 Å². The third kappa shape index (κ3) is 4.68. The zero-order valence-electron chi connectivity index (χ0n) is 19.1. The van der Waals surface area contributed by atoms with Crippen molar-refractivity contribution in [3.63, 3.8) is 0 Å². The number of carbonyl (C=O) groups is 2. The molecule has 0 aliphatic carbocycles. The van der Waals surface area contributed by atoms with Crippen LogP contribution in [0.4, 0.5) is 26.0 Å². The maximum absolute atomic E-state index is 14.2. The summed E-state index contributed by atoms with van der Waals surface area (Å²) in [7, 11) is 0. The van der Waals surface area contributed by atoms with Gasteiger partial charge >= 0.3 is 5.97 Å². The first kappa shape index (κ1) is 23.2. The number of anilines is 3. The molecule has 7 nitrogen and oxygen atoms in total. The zero-order chi connectivity index (χ0) is 25.2. The molecule has 5 rings (SSSR count). The van der Waals surface area contributed by atoms with Gasteiger partial charge in [0, 0.05) is 42.8 Å². The summed E-state index contributed by atoms with van der Waals surface area (Å²) < 4.78 is 27.3. The van der Waals surface area contributed by atoms with Gasteiger partial charge in [-0.05, 0) is 60.7 Å². The van der Waals surface area contributed by atoms with Crippen LogP contribution in [-0.2, 0) is 0 Å². The molecule has 1 fully saturated rings. The molecule has 1 aliphatic heterocycles. The third-order valence-electron chi connectivity index (χ3n) is 6.19. The van der Waals surface area contributed by atoms with Crippen molar-refractivity contribution < 1.29 is 23.5 Å². The van der Waals surface area contributed by atoms with Gasteiger partial charge in [0.15, 0.2) is 0 Å². The number of nitrogens with zero attached hydrogens (tertiary/aromatic N) is 3. The molecule has 1 saturated heterocycles. The first-order valence-corrected chi connectivity index (χ1v) is 11.4. The molecule has 2 heterocycles. The summed E-state index contributed by atoms with van der Waals surface area (Å²) in [5.74, 6) is -1.75. The lowest BCUT2D eigenvalue weighted by Gasteiger charge is -2.37. The van der Waals surface area contributed by atoms with E-state index in [4.69, 9.17) is 0 Å². The number of amides is 1. The highest BCUT2D eigenvalue weighted by atomic mass is 19.1. The maximum atomic E-state index is 14.2. The molecule has 0 atom stereocenters. The van der Waals surface area contributed by atoms with Gasteiger partial charge in [-0.3, -0.25) is 4.79 Å². The Morgan fingerprint density at radius 3 is 2.25 bits per heavy atom. The first-order valence-electron chi connectivity index (χ1n) is 11.4. The topological polar surface area (TPSA) is 85.8 Å². The van der Waals surface area contributed by atoms with Crippen molar-refractivity contribution in [2.45, 2.75) is 0 Å². The second-order valence-electron chi connectivity index (χ2n) is 8.45. The van der Waals surface area contributed by atoms with Gasteiger partial charge < -0.3 is 20.2 Å². The lowest BCUT2D eigenvalue weighted by molar-refractivity contribution is 0.0698. The number of halogens is 2. The zero-order valence-corrected chi connectivity index (χ0v) is 19.1. The number of hydrogen-bond donors (Lipinski definition) is 2. The van der Waals surface area contributed by atoms with E-state index < -0.39 is 17.7 Å². The van der Waals surface area contributed by atoms with Crippen LogP contribution in [0.15, 0.2) is 72.8 Å². The average molecular weight is 488 g/mol. The van der Waals surface area contributed by atoms with Crippen molar-refractivity contribution in [3.8, 4) is 0 Å². The molecule has 9 heteroatoms. The smallest absolute Gasteiger partial charge is 0.336 e. The standard InChI is InChI=1S/C27H22F2N4O3/c28-18-7-5-17(6-8-18)26(34)30-19-9-10-23-20(15-19)21(27(35)36)16-25(31-23)33-13-11-32(12-14-33)24-4-2-1-3-22(24)29/h1-10,15-16H,11-14H2,(H,30,34)(H,35,36). The molecule has 1 aliphatic rings. The summed E-state index contributed by atoms with van der Waals surface area (Å²) in [5, 5.41) is 13.0. The minimum absolute atomic E-state index is 0.0596. The summed E-state index contributed by atoms with van der Waals surface area (Å²) in [6.07, 6.45) is 0. The highest BCUT2D eigenvalue weighted by Crippen LogP contribution is 2.28. The molecule has 1 aromatic heterocycles. The van der Waals surface area contributed by atoms with E-state index in [0.717, 1.165) is 0 Å². The first-order chi connectivity index (χ1) is 17.4. The SMILES string of the molecule is O=C(Nc1ccc2nc(N3CCN(c4ccccc4F)CC3)cc(C(=O)O)c2c1)c1ccc(F)cc1. The Bertz CT molecular complexity index is 1450. The number of aromatic carboxylic acids is 1. The number of hydrogen-bond acceptors (Lipinski definition) is 5. The van der Waals surface area contributed by atoms with Crippen LogP contribution in [0, 0.1) is 11.6 Å². The summed E-state index contributed by atoms with van der Waals surface area (Å²) in [6.45, 7) is 2.24. The summed E-state index contributed by atoms with van der Waals surface area (Å²) in [6, 6.07) is 18.1. The van der Waals surface area contributed by atoms with Crippen LogP contribution >= 0.6 is 0 Å². The minimum atomic E-state index is -1.12. The predicted molar refractivity (Wildman–Crippen MR) is 134 cm³/mol. The van der Waals surface area contributed by atoms with Gasteiger partial charge in [0.2, 0.25) is 0 Å².